The summed E-state index contributed by atoms with van der Waals surface area (Å²) in [7, 11) is 0. The van der Waals surface area contributed by atoms with Gasteiger partial charge in [0.1, 0.15) is 0 Å². The highest BCUT2D eigenvalue weighted by molar-refractivity contribution is 5.19. The molecule has 14 heavy (non-hydrogen) atoms. The Bertz CT molecular complexity index is 304. The van der Waals surface area contributed by atoms with E-state index < -0.39 is 0 Å². The maximum absolute atomic E-state index is 8.98. The Hall–Kier alpha value is -0.930. The van der Waals surface area contributed by atoms with E-state index in [2.05, 4.69) is 25.8 Å². The number of nitrogens with zero attached hydrogens (tertiary/aromatic N) is 1. The highest BCUT2D eigenvalue weighted by atomic mass is 16.3. The van der Waals surface area contributed by atoms with Crippen molar-refractivity contribution in [2.45, 2.75) is 33.4 Å². The lowest BCUT2D eigenvalue weighted by molar-refractivity contribution is 0.280. The molecule has 0 aliphatic rings. The Labute approximate surface area is 85.0 Å². The molecule has 3 heteroatoms. The van der Waals surface area contributed by atoms with Crippen LogP contribution in [0.15, 0.2) is 18.3 Å². The molecule has 0 saturated carbocycles. The standard InChI is InChI=1S/C11H18N2O/c1-11(2,3)10(12)9-6-8(7-14)4-5-13-9/h4-6,10,14H,7,12H2,1-3H3. The van der Waals surface area contributed by atoms with E-state index in [9.17, 15) is 0 Å². The lowest BCUT2D eigenvalue weighted by Crippen LogP contribution is -2.27. The largest absolute Gasteiger partial charge is 0.392 e. The van der Waals surface area contributed by atoms with E-state index in [1.807, 2.05) is 6.07 Å². The Morgan fingerprint density at radius 2 is 2.14 bits per heavy atom. The quantitative estimate of drug-likeness (QED) is 0.752. The molecule has 1 atom stereocenters. The van der Waals surface area contributed by atoms with Crippen LogP contribution in [0.2, 0.25) is 0 Å². The molecule has 0 amide bonds. The average Bonchev–Trinajstić information content (AvgIpc) is 2.15. The number of hydrogen-bond acceptors (Lipinski definition) is 3. The van der Waals surface area contributed by atoms with Gasteiger partial charge in [-0.25, -0.2) is 0 Å². The molecule has 1 aromatic heterocycles. The molecule has 78 valence electrons. The summed E-state index contributed by atoms with van der Waals surface area (Å²) in [5, 5.41) is 8.98. The zero-order chi connectivity index (χ0) is 10.8. The van der Waals surface area contributed by atoms with Crippen LogP contribution in [-0.2, 0) is 6.61 Å². The van der Waals surface area contributed by atoms with Crippen molar-refractivity contribution in [3.63, 3.8) is 0 Å². The monoisotopic (exact) mass is 194 g/mol. The SMILES string of the molecule is CC(C)(C)C(N)c1cc(CO)ccn1. The van der Waals surface area contributed by atoms with Crippen LogP contribution in [0.3, 0.4) is 0 Å². The van der Waals surface area contributed by atoms with E-state index in [-0.39, 0.29) is 18.1 Å². The van der Waals surface area contributed by atoms with Gasteiger partial charge in [0, 0.05) is 6.20 Å². The summed E-state index contributed by atoms with van der Waals surface area (Å²) in [6.45, 7) is 6.26. The number of hydrogen-bond donors (Lipinski definition) is 2. The number of pyridine rings is 1. The first-order valence-corrected chi connectivity index (χ1v) is 4.76. The van der Waals surface area contributed by atoms with Crippen molar-refractivity contribution in [2.75, 3.05) is 0 Å². The molecule has 1 aromatic rings. The van der Waals surface area contributed by atoms with Crippen molar-refractivity contribution in [1.82, 2.24) is 4.98 Å². The van der Waals surface area contributed by atoms with Gasteiger partial charge in [0.2, 0.25) is 0 Å². The predicted octanol–water partition coefficient (Wildman–Crippen LogP) is 1.62. The number of aliphatic hydroxyl groups is 1. The Morgan fingerprint density at radius 1 is 1.50 bits per heavy atom. The van der Waals surface area contributed by atoms with Crippen molar-refractivity contribution in [3.8, 4) is 0 Å². The van der Waals surface area contributed by atoms with Crippen LogP contribution in [0, 0.1) is 5.41 Å². The van der Waals surface area contributed by atoms with E-state index >= 15 is 0 Å². The summed E-state index contributed by atoms with van der Waals surface area (Å²) in [5.74, 6) is 0. The van der Waals surface area contributed by atoms with E-state index in [1.165, 1.54) is 0 Å². The fourth-order valence-corrected chi connectivity index (χ4v) is 1.21. The van der Waals surface area contributed by atoms with Crippen LogP contribution >= 0.6 is 0 Å². The first-order chi connectivity index (χ1) is 6.45. The van der Waals surface area contributed by atoms with Crippen LogP contribution in [0.5, 0.6) is 0 Å². The average molecular weight is 194 g/mol. The molecule has 3 nitrogen and oxygen atoms in total. The molecule has 0 aromatic carbocycles. The van der Waals surface area contributed by atoms with Gasteiger partial charge in [0.15, 0.2) is 0 Å². The van der Waals surface area contributed by atoms with Crippen molar-refractivity contribution in [2.24, 2.45) is 11.1 Å². The molecule has 1 heterocycles. The van der Waals surface area contributed by atoms with E-state index in [0.29, 0.717) is 0 Å². The summed E-state index contributed by atoms with van der Waals surface area (Å²) < 4.78 is 0. The van der Waals surface area contributed by atoms with Crippen LogP contribution in [0.1, 0.15) is 38.1 Å². The van der Waals surface area contributed by atoms with Crippen LogP contribution in [0.4, 0.5) is 0 Å². The normalized spacial score (nSPS) is 14.1. The second-order valence-corrected chi connectivity index (χ2v) is 4.59. The minimum atomic E-state index is -0.103. The summed E-state index contributed by atoms with van der Waals surface area (Å²) >= 11 is 0. The van der Waals surface area contributed by atoms with Gasteiger partial charge >= 0.3 is 0 Å². The van der Waals surface area contributed by atoms with Gasteiger partial charge < -0.3 is 10.8 Å². The number of rotatable bonds is 2. The summed E-state index contributed by atoms with van der Waals surface area (Å²) in [6.07, 6.45) is 1.69. The molecule has 0 saturated heterocycles. The smallest absolute Gasteiger partial charge is 0.0683 e. The molecule has 0 aliphatic heterocycles. The Kier molecular flexibility index (Phi) is 3.24. The summed E-state index contributed by atoms with van der Waals surface area (Å²) in [6, 6.07) is 3.54. The number of aliphatic hydroxyl groups excluding tert-OH is 1. The minimum absolute atomic E-state index is 0.0128. The Morgan fingerprint density at radius 3 is 2.64 bits per heavy atom. The van der Waals surface area contributed by atoms with Crippen molar-refractivity contribution in [3.05, 3.63) is 29.6 Å². The molecule has 0 radical (unpaired) electrons. The van der Waals surface area contributed by atoms with Gasteiger partial charge in [0.05, 0.1) is 18.3 Å². The van der Waals surface area contributed by atoms with Crippen LogP contribution in [0.25, 0.3) is 0 Å². The van der Waals surface area contributed by atoms with Gasteiger partial charge in [-0.3, -0.25) is 4.98 Å². The molecule has 1 unspecified atom stereocenters. The molecular formula is C11H18N2O. The second kappa shape index (κ2) is 4.07. The minimum Gasteiger partial charge on any atom is -0.392 e. The highest BCUT2D eigenvalue weighted by Gasteiger charge is 2.23. The molecule has 0 aliphatic carbocycles. The molecule has 0 bridgehead atoms. The van der Waals surface area contributed by atoms with Gasteiger partial charge in [-0.05, 0) is 23.1 Å². The van der Waals surface area contributed by atoms with Crippen LogP contribution in [-0.4, -0.2) is 10.1 Å². The fourth-order valence-electron chi connectivity index (χ4n) is 1.21. The van der Waals surface area contributed by atoms with Crippen molar-refractivity contribution < 1.29 is 5.11 Å². The molecule has 3 N–H and O–H groups in total. The molecular weight excluding hydrogens is 176 g/mol. The van der Waals surface area contributed by atoms with Crippen LogP contribution < -0.4 is 5.73 Å². The molecule has 0 fully saturated rings. The fraction of sp³-hybridized carbons (Fsp3) is 0.545. The number of aromatic nitrogens is 1. The lowest BCUT2D eigenvalue weighted by atomic mass is 9.85. The lowest BCUT2D eigenvalue weighted by Gasteiger charge is -2.26. The topological polar surface area (TPSA) is 59.1 Å². The molecule has 1 rings (SSSR count). The maximum atomic E-state index is 8.98. The number of nitrogens with two attached hydrogens (primary N) is 1. The summed E-state index contributed by atoms with van der Waals surface area (Å²) in [4.78, 5) is 4.22. The van der Waals surface area contributed by atoms with E-state index in [1.54, 1.807) is 12.3 Å². The zero-order valence-corrected chi connectivity index (χ0v) is 8.99. The van der Waals surface area contributed by atoms with E-state index in [0.717, 1.165) is 11.3 Å². The first kappa shape index (κ1) is 11.1. The molecule has 0 spiro atoms. The highest BCUT2D eigenvalue weighted by Crippen LogP contribution is 2.29. The van der Waals surface area contributed by atoms with Gasteiger partial charge in [0.25, 0.3) is 0 Å². The van der Waals surface area contributed by atoms with Gasteiger partial charge in [-0.2, -0.15) is 0 Å². The maximum Gasteiger partial charge on any atom is 0.0683 e. The summed E-state index contributed by atoms with van der Waals surface area (Å²) in [5.41, 5.74) is 7.73. The third kappa shape index (κ3) is 2.53. The van der Waals surface area contributed by atoms with E-state index in [4.69, 9.17) is 10.8 Å². The van der Waals surface area contributed by atoms with Crippen molar-refractivity contribution >= 4 is 0 Å². The van der Waals surface area contributed by atoms with Crippen molar-refractivity contribution in [1.29, 1.82) is 0 Å². The van der Waals surface area contributed by atoms with Gasteiger partial charge in [-0.15, -0.1) is 0 Å². The zero-order valence-electron chi connectivity index (χ0n) is 8.99. The Balaban J connectivity index is 2.95. The third-order valence-corrected chi connectivity index (χ3v) is 2.28. The first-order valence-electron chi connectivity index (χ1n) is 4.76. The second-order valence-electron chi connectivity index (χ2n) is 4.59. The van der Waals surface area contributed by atoms with Gasteiger partial charge in [-0.1, -0.05) is 20.8 Å². The third-order valence-electron chi connectivity index (χ3n) is 2.28. The predicted molar refractivity (Wildman–Crippen MR) is 56.5 cm³/mol.